The average molecular weight is 779 g/mol. The van der Waals surface area contributed by atoms with Crippen LogP contribution in [0, 0.1) is 0 Å². The lowest BCUT2D eigenvalue weighted by atomic mass is 9.90. The maximum Gasteiger partial charge on any atom is 0.0708 e. The Balaban J connectivity index is 1.03. The molecule has 13 rings (SSSR count). The molecule has 0 amide bonds. The summed E-state index contributed by atoms with van der Waals surface area (Å²) in [6.07, 6.45) is 1.91. The lowest BCUT2D eigenvalue weighted by Gasteiger charge is -2.14. The van der Waals surface area contributed by atoms with Crippen molar-refractivity contribution in [3.05, 3.63) is 206 Å². The number of rotatable bonds is 4. The molecule has 0 N–H and O–H groups in total. The fraction of sp³-hybridized carbons (Fsp3) is 0. The van der Waals surface area contributed by atoms with Gasteiger partial charge in [-0.3, -0.25) is 4.98 Å². The van der Waals surface area contributed by atoms with Crippen LogP contribution in [-0.4, -0.2) is 9.55 Å². The van der Waals surface area contributed by atoms with Crippen LogP contribution in [0.5, 0.6) is 0 Å². The predicted octanol–water partition coefficient (Wildman–Crippen LogP) is 16.2. The molecular weight excluding hydrogens is 745 g/mol. The van der Waals surface area contributed by atoms with Crippen LogP contribution in [0.1, 0.15) is 0 Å². The summed E-state index contributed by atoms with van der Waals surface area (Å²) in [5.74, 6) is 0. The van der Waals surface area contributed by atoms with Crippen LogP contribution in [-0.2, 0) is 0 Å². The van der Waals surface area contributed by atoms with E-state index in [1.54, 1.807) is 0 Å². The Kier molecular flexibility index (Phi) is 7.21. The van der Waals surface area contributed by atoms with E-state index in [0.29, 0.717) is 0 Å². The number of fused-ring (bicyclic) bond motifs is 13. The lowest BCUT2D eigenvalue weighted by Crippen LogP contribution is -1.94. The van der Waals surface area contributed by atoms with Crippen LogP contribution >= 0.6 is 11.3 Å². The van der Waals surface area contributed by atoms with Crippen molar-refractivity contribution in [1.29, 1.82) is 0 Å². The number of benzene rings is 10. The first kappa shape index (κ1) is 33.4. The zero-order chi connectivity index (χ0) is 39.3. The van der Waals surface area contributed by atoms with Gasteiger partial charge in [0.15, 0.2) is 0 Å². The summed E-state index contributed by atoms with van der Waals surface area (Å²) in [5.41, 5.74) is 11.8. The normalized spacial score (nSPS) is 12.0. The Morgan fingerprint density at radius 1 is 0.317 bits per heavy atom. The first-order valence-corrected chi connectivity index (χ1v) is 21.3. The van der Waals surface area contributed by atoms with E-state index in [2.05, 4.69) is 210 Å². The quantitative estimate of drug-likeness (QED) is 0.163. The van der Waals surface area contributed by atoms with Crippen molar-refractivity contribution in [3.63, 3.8) is 0 Å². The number of nitrogens with zero attached hydrogens (tertiary/aromatic N) is 2. The third kappa shape index (κ3) is 5.03. The zero-order valence-corrected chi connectivity index (χ0v) is 33.2. The highest BCUT2D eigenvalue weighted by Gasteiger charge is 2.18. The first-order valence-electron chi connectivity index (χ1n) is 20.5. The van der Waals surface area contributed by atoms with Crippen LogP contribution in [0.15, 0.2) is 206 Å². The number of pyridine rings is 1. The summed E-state index contributed by atoms with van der Waals surface area (Å²) >= 11 is 1.87. The Morgan fingerprint density at radius 3 is 1.67 bits per heavy atom. The Morgan fingerprint density at radius 2 is 0.883 bits per heavy atom. The van der Waals surface area contributed by atoms with Gasteiger partial charge in [-0.05, 0) is 126 Å². The van der Waals surface area contributed by atoms with Gasteiger partial charge in [-0.1, -0.05) is 140 Å². The molecule has 60 heavy (non-hydrogen) atoms. The molecule has 3 heteroatoms. The van der Waals surface area contributed by atoms with Crippen molar-refractivity contribution in [3.8, 4) is 39.1 Å². The van der Waals surface area contributed by atoms with Crippen LogP contribution in [0.25, 0.3) is 124 Å². The van der Waals surface area contributed by atoms with Gasteiger partial charge in [-0.15, -0.1) is 11.3 Å². The van der Waals surface area contributed by atoms with Gasteiger partial charge in [0.25, 0.3) is 0 Å². The molecule has 0 unspecified atom stereocenters. The summed E-state index contributed by atoms with van der Waals surface area (Å²) in [6, 6.07) is 73.9. The summed E-state index contributed by atoms with van der Waals surface area (Å²) in [5, 5.41) is 14.0. The van der Waals surface area contributed by atoms with E-state index in [4.69, 9.17) is 0 Å². The summed E-state index contributed by atoms with van der Waals surface area (Å²) in [7, 11) is 0. The highest BCUT2D eigenvalue weighted by Crippen LogP contribution is 2.43. The van der Waals surface area contributed by atoms with Crippen molar-refractivity contribution in [2.24, 2.45) is 0 Å². The molecule has 278 valence electrons. The predicted molar refractivity (Wildman–Crippen MR) is 258 cm³/mol. The van der Waals surface area contributed by atoms with Crippen molar-refractivity contribution in [1.82, 2.24) is 9.55 Å². The Bertz CT molecular complexity index is 3870. The summed E-state index contributed by atoms with van der Waals surface area (Å²) < 4.78 is 5.10. The summed E-state index contributed by atoms with van der Waals surface area (Å²) in [4.78, 5) is 4.62. The topological polar surface area (TPSA) is 17.8 Å². The van der Waals surface area contributed by atoms with Crippen LogP contribution in [0.3, 0.4) is 0 Å². The maximum absolute atomic E-state index is 4.62. The van der Waals surface area contributed by atoms with E-state index in [0.717, 1.165) is 16.6 Å². The van der Waals surface area contributed by atoms with E-state index >= 15 is 0 Å². The minimum absolute atomic E-state index is 1.01. The highest BCUT2D eigenvalue weighted by molar-refractivity contribution is 7.25. The second-order valence-electron chi connectivity index (χ2n) is 15.9. The van der Waals surface area contributed by atoms with Gasteiger partial charge in [0.1, 0.15) is 0 Å². The fourth-order valence-corrected chi connectivity index (χ4v) is 10.9. The van der Waals surface area contributed by atoms with E-state index in [1.165, 1.54) is 108 Å². The molecule has 0 spiro atoms. The van der Waals surface area contributed by atoms with Gasteiger partial charge in [0.2, 0.25) is 0 Å². The Labute approximate surface area is 349 Å². The van der Waals surface area contributed by atoms with Crippen molar-refractivity contribution in [2.75, 3.05) is 0 Å². The second kappa shape index (κ2) is 13.0. The van der Waals surface area contributed by atoms with E-state index in [9.17, 15) is 0 Å². The molecule has 13 aromatic rings. The monoisotopic (exact) mass is 778 g/mol. The van der Waals surface area contributed by atoms with Crippen LogP contribution in [0.4, 0.5) is 0 Å². The molecule has 3 heterocycles. The number of hydrogen-bond donors (Lipinski definition) is 0. The molecule has 2 nitrogen and oxygen atoms in total. The largest absolute Gasteiger partial charge is 0.309 e. The van der Waals surface area contributed by atoms with E-state index in [1.807, 2.05) is 17.5 Å². The fourth-order valence-electron chi connectivity index (χ4n) is 9.78. The standard InChI is InChI=1S/C57H34N2S/c1-2-10-35(11-3-1)37-20-26-45-49(30-37)43-13-5-4-12-42(43)44-25-21-38(31-50(44)45)39-22-27-47-51-33-52-48-15-7-9-17-56(48)60-57(52)34-55(51)59(54(47)32-39)40-23-18-36(19-24-40)41-28-29-58-53-16-8-6-14-46(41)53/h1-34H. The molecule has 10 aromatic carbocycles. The second-order valence-corrected chi connectivity index (χ2v) is 17.0. The number of aromatic nitrogens is 2. The molecule has 0 saturated carbocycles. The van der Waals surface area contributed by atoms with Gasteiger partial charge >= 0.3 is 0 Å². The molecule has 0 fully saturated rings. The van der Waals surface area contributed by atoms with Crippen LogP contribution < -0.4 is 0 Å². The van der Waals surface area contributed by atoms with Crippen molar-refractivity contribution in [2.45, 2.75) is 0 Å². The van der Waals surface area contributed by atoms with Gasteiger partial charge in [-0.2, -0.15) is 0 Å². The number of hydrogen-bond acceptors (Lipinski definition) is 2. The Hall–Kier alpha value is -7.59. The van der Waals surface area contributed by atoms with Crippen LogP contribution in [0.2, 0.25) is 0 Å². The molecule has 0 saturated heterocycles. The smallest absolute Gasteiger partial charge is 0.0708 e. The number of thiophene rings is 1. The number of para-hydroxylation sites is 1. The van der Waals surface area contributed by atoms with Gasteiger partial charge in [-0.25, -0.2) is 0 Å². The van der Waals surface area contributed by atoms with Gasteiger partial charge in [0, 0.05) is 48.2 Å². The van der Waals surface area contributed by atoms with E-state index < -0.39 is 0 Å². The van der Waals surface area contributed by atoms with Crippen molar-refractivity contribution >= 4 is 96.5 Å². The molecule has 0 aliphatic rings. The molecular formula is C57H34N2S. The highest BCUT2D eigenvalue weighted by atomic mass is 32.1. The van der Waals surface area contributed by atoms with Gasteiger partial charge in [0.05, 0.1) is 16.6 Å². The molecule has 0 aliphatic heterocycles. The lowest BCUT2D eigenvalue weighted by molar-refractivity contribution is 1.18. The minimum Gasteiger partial charge on any atom is -0.309 e. The molecule has 0 bridgehead atoms. The molecule has 0 radical (unpaired) electrons. The van der Waals surface area contributed by atoms with E-state index in [-0.39, 0.29) is 0 Å². The van der Waals surface area contributed by atoms with Gasteiger partial charge < -0.3 is 4.57 Å². The SMILES string of the molecule is c1ccc(-c2ccc3c(c2)c2ccccc2c2ccc(-c4ccc5c6cc7c(cc6n(-c6ccc(-c8ccnc9ccccc89)cc6)c5c4)sc4ccccc47)cc23)cc1. The summed E-state index contributed by atoms with van der Waals surface area (Å²) in [6.45, 7) is 0. The minimum atomic E-state index is 1.01. The third-order valence-corrected chi connectivity index (χ3v) is 13.8. The van der Waals surface area contributed by atoms with Crippen molar-refractivity contribution < 1.29 is 0 Å². The average Bonchev–Trinajstić information content (AvgIpc) is 3.85. The third-order valence-electron chi connectivity index (χ3n) is 12.6. The molecule has 0 aliphatic carbocycles. The molecule has 0 atom stereocenters. The maximum atomic E-state index is 4.62. The molecule has 3 aromatic heterocycles. The first-order chi connectivity index (χ1) is 29.7. The zero-order valence-electron chi connectivity index (χ0n) is 32.4.